The summed E-state index contributed by atoms with van der Waals surface area (Å²) in [6.07, 6.45) is 3.97. The van der Waals surface area contributed by atoms with Crippen LogP contribution in [-0.4, -0.2) is 51.4 Å². The smallest absolute Gasteiger partial charge is 0.239 e. The number of aromatic nitrogens is 5. The van der Waals surface area contributed by atoms with Crippen molar-refractivity contribution in [3.63, 3.8) is 0 Å². The third-order valence-electron chi connectivity index (χ3n) is 5.37. The number of nitrogens with zero attached hydrogens (tertiary/aromatic N) is 5. The Balaban J connectivity index is 0.00000140. The maximum atomic E-state index is 5.95. The van der Waals surface area contributed by atoms with Crippen molar-refractivity contribution in [1.29, 1.82) is 0 Å². The van der Waals surface area contributed by atoms with Gasteiger partial charge in [-0.15, -0.1) is 29.9 Å². The van der Waals surface area contributed by atoms with Crippen molar-refractivity contribution in [3.8, 4) is 0 Å². The van der Waals surface area contributed by atoms with Crippen LogP contribution in [0.15, 0.2) is 6.07 Å². The summed E-state index contributed by atoms with van der Waals surface area (Å²) < 4.78 is 5.26. The normalized spacial score (nSPS) is 22.1. The number of ether oxygens (including phenoxy) is 1. The van der Waals surface area contributed by atoms with Gasteiger partial charge < -0.3 is 21.1 Å². The molecule has 0 atom stereocenters. The number of rotatable bonds is 5. The fraction of sp³-hybridized carbons (Fsp3) is 0.647. The number of hydrogen-bond donors (Lipinski definition) is 3. The van der Waals surface area contributed by atoms with E-state index in [1.54, 1.807) is 7.11 Å². The molecule has 2 fully saturated rings. The third-order valence-corrected chi connectivity index (χ3v) is 5.37. The zero-order valence-electron chi connectivity index (χ0n) is 15.9. The fourth-order valence-corrected chi connectivity index (χ4v) is 3.82. The van der Waals surface area contributed by atoms with E-state index in [0.717, 1.165) is 61.9 Å². The second-order valence-corrected chi connectivity index (χ2v) is 7.27. The lowest BCUT2D eigenvalue weighted by molar-refractivity contribution is 0.177. The summed E-state index contributed by atoms with van der Waals surface area (Å²) in [5.74, 6) is 3.72. The fourth-order valence-electron chi connectivity index (χ4n) is 3.82. The van der Waals surface area contributed by atoms with Crippen molar-refractivity contribution < 1.29 is 4.74 Å². The van der Waals surface area contributed by atoms with E-state index < -0.39 is 0 Å². The summed E-state index contributed by atoms with van der Waals surface area (Å²) in [5.41, 5.74) is 12.7. The molecular weight excluding hydrogens is 403 g/mol. The largest absolute Gasteiger partial charge is 0.377 e. The Morgan fingerprint density at radius 1 is 1.14 bits per heavy atom. The summed E-state index contributed by atoms with van der Waals surface area (Å²) in [6, 6.07) is 2.43. The summed E-state index contributed by atoms with van der Waals surface area (Å²) in [5, 5.41) is 6.88. The van der Waals surface area contributed by atoms with Gasteiger partial charge in [0.25, 0.3) is 0 Å². The maximum absolute atomic E-state index is 5.95. The van der Waals surface area contributed by atoms with E-state index in [1.807, 2.05) is 0 Å². The van der Waals surface area contributed by atoms with E-state index in [9.17, 15) is 0 Å². The highest BCUT2D eigenvalue weighted by atomic mass is 35.5. The number of piperidine rings is 1. The molecular formula is C17H28Cl2N8O. The van der Waals surface area contributed by atoms with Gasteiger partial charge in [-0.2, -0.15) is 4.98 Å². The van der Waals surface area contributed by atoms with E-state index >= 15 is 0 Å². The van der Waals surface area contributed by atoms with Crippen LogP contribution in [0.2, 0.25) is 0 Å². The Morgan fingerprint density at radius 2 is 1.86 bits per heavy atom. The number of halogens is 2. The zero-order chi connectivity index (χ0) is 18.1. The van der Waals surface area contributed by atoms with Crippen molar-refractivity contribution in [2.45, 2.75) is 50.2 Å². The number of nitrogens with two attached hydrogens (primary N) is 2. The van der Waals surface area contributed by atoms with Gasteiger partial charge in [0.15, 0.2) is 5.82 Å². The molecule has 0 radical (unpaired) electrons. The Hall–Kier alpha value is -1.68. The van der Waals surface area contributed by atoms with Crippen LogP contribution in [0, 0.1) is 0 Å². The number of H-pyrrole nitrogens is 1. The van der Waals surface area contributed by atoms with Gasteiger partial charge in [-0.3, -0.25) is 5.10 Å². The molecule has 156 valence electrons. The topological polar surface area (TPSA) is 132 Å². The van der Waals surface area contributed by atoms with Crippen LogP contribution in [0.5, 0.6) is 0 Å². The highest BCUT2D eigenvalue weighted by Gasteiger charge is 2.30. The minimum absolute atomic E-state index is 0. The third kappa shape index (κ3) is 4.83. The van der Waals surface area contributed by atoms with Crippen molar-refractivity contribution in [2.75, 3.05) is 30.8 Å². The van der Waals surface area contributed by atoms with Crippen molar-refractivity contribution in [3.05, 3.63) is 23.4 Å². The van der Waals surface area contributed by atoms with Gasteiger partial charge in [0.1, 0.15) is 18.2 Å². The van der Waals surface area contributed by atoms with Crippen LogP contribution in [0.25, 0.3) is 0 Å². The molecule has 4 rings (SSSR count). The first-order valence-electron chi connectivity index (χ1n) is 9.17. The highest BCUT2D eigenvalue weighted by molar-refractivity contribution is 5.85. The minimum atomic E-state index is 0. The number of aromatic amines is 1. The van der Waals surface area contributed by atoms with Crippen LogP contribution in [-0.2, 0) is 11.3 Å². The lowest BCUT2D eigenvalue weighted by Gasteiger charge is -2.34. The summed E-state index contributed by atoms with van der Waals surface area (Å²) in [7, 11) is 1.67. The maximum Gasteiger partial charge on any atom is 0.239 e. The van der Waals surface area contributed by atoms with Crippen LogP contribution >= 0.6 is 24.8 Å². The van der Waals surface area contributed by atoms with Gasteiger partial charge in [0.2, 0.25) is 5.95 Å². The Labute approximate surface area is 176 Å². The number of hydrogen-bond acceptors (Lipinski definition) is 8. The molecule has 1 aliphatic heterocycles. The van der Waals surface area contributed by atoms with E-state index in [-0.39, 0.29) is 24.8 Å². The zero-order valence-corrected chi connectivity index (χ0v) is 17.5. The molecule has 0 bridgehead atoms. The van der Waals surface area contributed by atoms with Crippen molar-refractivity contribution in [1.82, 2.24) is 25.1 Å². The highest BCUT2D eigenvalue weighted by Crippen LogP contribution is 2.36. The Morgan fingerprint density at radius 3 is 2.43 bits per heavy atom. The lowest BCUT2D eigenvalue weighted by Crippen LogP contribution is -2.36. The predicted molar refractivity (Wildman–Crippen MR) is 112 cm³/mol. The number of anilines is 2. The predicted octanol–water partition coefficient (Wildman–Crippen LogP) is 1.76. The number of methoxy groups -OCH3 is 1. The SMILES string of the molecule is COCc1nc(C2CC(N)C2)cc(N2CCC(c3nc(N)n[nH]3)CC2)n1.Cl.Cl. The van der Waals surface area contributed by atoms with Crippen molar-refractivity contribution in [2.24, 2.45) is 5.73 Å². The molecule has 1 saturated carbocycles. The average Bonchev–Trinajstić information content (AvgIpc) is 3.06. The van der Waals surface area contributed by atoms with Gasteiger partial charge >= 0.3 is 0 Å². The molecule has 2 aromatic heterocycles. The number of nitrogens with one attached hydrogen (secondary N) is 1. The van der Waals surface area contributed by atoms with E-state index in [4.69, 9.17) is 21.2 Å². The molecule has 0 unspecified atom stereocenters. The molecule has 0 spiro atoms. The molecule has 11 heteroatoms. The summed E-state index contributed by atoms with van der Waals surface area (Å²) >= 11 is 0. The molecule has 1 aliphatic carbocycles. The monoisotopic (exact) mass is 430 g/mol. The molecule has 2 aliphatic rings. The Bertz CT molecular complexity index is 759. The molecule has 5 N–H and O–H groups in total. The number of nitrogen functional groups attached to an aromatic ring is 1. The first kappa shape index (κ1) is 22.6. The quantitative estimate of drug-likeness (QED) is 0.653. The standard InChI is InChI=1S/C17H26N8O.2ClH/c1-26-9-14-20-13(11-6-12(18)7-11)8-15(21-14)25-4-2-10(3-5-25)16-22-17(19)24-23-16;;/h8,10-12H,2-7,9,18H2,1H3,(H3,19,22,23,24);2*1H. The van der Waals surface area contributed by atoms with Crippen LogP contribution < -0.4 is 16.4 Å². The van der Waals surface area contributed by atoms with Gasteiger partial charge in [-0.1, -0.05) is 0 Å². The second-order valence-electron chi connectivity index (χ2n) is 7.27. The molecule has 2 aromatic rings. The molecule has 3 heterocycles. The summed E-state index contributed by atoms with van der Waals surface area (Å²) in [6.45, 7) is 2.25. The molecule has 28 heavy (non-hydrogen) atoms. The average molecular weight is 431 g/mol. The lowest BCUT2D eigenvalue weighted by atomic mass is 9.78. The van der Waals surface area contributed by atoms with E-state index in [0.29, 0.717) is 30.4 Å². The van der Waals surface area contributed by atoms with Crippen LogP contribution in [0.4, 0.5) is 11.8 Å². The molecule has 0 amide bonds. The Kier molecular flexibility index (Phi) is 7.82. The first-order chi connectivity index (χ1) is 12.6. The summed E-state index contributed by atoms with van der Waals surface area (Å²) in [4.78, 5) is 16.0. The van der Waals surface area contributed by atoms with Gasteiger partial charge in [0, 0.05) is 49.8 Å². The minimum Gasteiger partial charge on any atom is -0.377 e. The van der Waals surface area contributed by atoms with Gasteiger partial charge in [-0.25, -0.2) is 9.97 Å². The van der Waals surface area contributed by atoms with Crippen molar-refractivity contribution >= 4 is 36.6 Å². The first-order valence-corrected chi connectivity index (χ1v) is 9.17. The van der Waals surface area contributed by atoms with Crippen LogP contribution in [0.1, 0.15) is 54.9 Å². The van der Waals surface area contributed by atoms with Gasteiger partial charge in [-0.05, 0) is 25.7 Å². The van der Waals surface area contributed by atoms with Crippen LogP contribution in [0.3, 0.4) is 0 Å². The van der Waals surface area contributed by atoms with E-state index in [2.05, 4.69) is 31.1 Å². The molecule has 9 nitrogen and oxygen atoms in total. The molecule has 1 saturated heterocycles. The van der Waals surface area contributed by atoms with E-state index in [1.165, 1.54) is 0 Å². The molecule has 0 aromatic carbocycles. The second kappa shape index (κ2) is 9.69. The van der Waals surface area contributed by atoms with Gasteiger partial charge in [0.05, 0.1) is 0 Å².